The molecule has 0 aliphatic carbocycles. The number of nitrogens with zero attached hydrogens (tertiary/aromatic N) is 2. The largest absolute Gasteiger partial charge is 0.472 e. The van der Waals surface area contributed by atoms with Crippen molar-refractivity contribution in [3.8, 4) is 11.3 Å². The van der Waals surface area contributed by atoms with Crippen molar-refractivity contribution in [2.75, 3.05) is 6.61 Å². The third kappa shape index (κ3) is 2.84. The third-order valence-electron chi connectivity index (χ3n) is 2.42. The Kier molecular flexibility index (Phi) is 3.82. The number of aromatic nitrogens is 2. The van der Waals surface area contributed by atoms with E-state index in [9.17, 15) is 18.0 Å². The van der Waals surface area contributed by atoms with Crippen LogP contribution in [0, 0.1) is 0 Å². The van der Waals surface area contributed by atoms with Gasteiger partial charge in [0.25, 0.3) is 0 Å². The van der Waals surface area contributed by atoms with Gasteiger partial charge in [0.15, 0.2) is 5.69 Å². The van der Waals surface area contributed by atoms with Crippen LogP contribution in [0.5, 0.6) is 0 Å². The highest BCUT2D eigenvalue weighted by molar-refractivity contribution is 5.77. The van der Waals surface area contributed by atoms with Gasteiger partial charge in [0.05, 0.1) is 24.8 Å². The molecule has 108 valence electrons. The van der Waals surface area contributed by atoms with Gasteiger partial charge >= 0.3 is 12.3 Å². The van der Waals surface area contributed by atoms with Gasteiger partial charge in [-0.25, -0.2) is 4.79 Å². The van der Waals surface area contributed by atoms with Gasteiger partial charge in [0.1, 0.15) is 0 Å². The molecule has 2 aromatic heterocycles. The lowest BCUT2D eigenvalue weighted by Gasteiger charge is -2.05. The number of carbonyl (C=O) groups is 1. The number of halogens is 3. The second kappa shape index (κ2) is 5.40. The summed E-state index contributed by atoms with van der Waals surface area (Å²) in [4.78, 5) is 11.7. The molecule has 20 heavy (non-hydrogen) atoms. The number of hydrogen-bond acceptors (Lipinski definition) is 4. The second-order valence-corrected chi connectivity index (χ2v) is 3.95. The molecule has 0 fully saturated rings. The van der Waals surface area contributed by atoms with Crippen LogP contribution in [0.15, 0.2) is 29.1 Å². The Bertz CT molecular complexity index is 588. The third-order valence-corrected chi connectivity index (χ3v) is 2.42. The number of alkyl halides is 3. The van der Waals surface area contributed by atoms with Crippen LogP contribution in [-0.4, -0.2) is 22.5 Å². The average molecular weight is 288 g/mol. The van der Waals surface area contributed by atoms with Crippen LogP contribution in [0.2, 0.25) is 0 Å². The minimum absolute atomic E-state index is 0.0350. The van der Waals surface area contributed by atoms with E-state index in [1.165, 1.54) is 18.6 Å². The Morgan fingerprint density at radius 2 is 2.25 bits per heavy atom. The summed E-state index contributed by atoms with van der Waals surface area (Å²) in [5.41, 5.74) is -0.893. The van der Waals surface area contributed by atoms with Crippen molar-refractivity contribution in [1.82, 2.24) is 9.78 Å². The van der Waals surface area contributed by atoms with Gasteiger partial charge in [-0.15, -0.1) is 0 Å². The fraction of sp³-hybridized carbons (Fsp3) is 0.333. The van der Waals surface area contributed by atoms with Crippen molar-refractivity contribution < 1.29 is 27.1 Å². The smallest absolute Gasteiger partial charge is 0.435 e. The van der Waals surface area contributed by atoms with E-state index < -0.39 is 18.0 Å². The lowest BCUT2D eigenvalue weighted by atomic mass is 10.2. The lowest BCUT2D eigenvalue weighted by Crippen LogP contribution is -2.18. The summed E-state index contributed by atoms with van der Waals surface area (Å²) in [7, 11) is 0. The Morgan fingerprint density at radius 3 is 2.80 bits per heavy atom. The molecule has 2 heterocycles. The van der Waals surface area contributed by atoms with Crippen LogP contribution < -0.4 is 0 Å². The predicted octanol–water partition coefficient (Wildman–Crippen LogP) is 3.56. The molecule has 0 aromatic carbocycles. The van der Waals surface area contributed by atoms with E-state index >= 15 is 0 Å². The first kappa shape index (κ1) is 14.2. The maximum Gasteiger partial charge on any atom is 0.435 e. The van der Waals surface area contributed by atoms with Crippen LogP contribution >= 0.6 is 0 Å². The van der Waals surface area contributed by atoms with Gasteiger partial charge in [-0.3, -0.25) is 0 Å². The zero-order chi connectivity index (χ0) is 14.8. The van der Waals surface area contributed by atoms with Crippen LogP contribution in [0.4, 0.5) is 18.0 Å². The van der Waals surface area contributed by atoms with E-state index in [-0.39, 0.29) is 12.3 Å². The van der Waals surface area contributed by atoms with Crippen molar-refractivity contribution in [1.29, 1.82) is 0 Å². The maximum absolute atomic E-state index is 12.7. The predicted molar refractivity (Wildman–Crippen MR) is 62.0 cm³/mol. The number of rotatable bonds is 3. The fourth-order valence-electron chi connectivity index (χ4n) is 1.53. The van der Waals surface area contributed by atoms with Crippen molar-refractivity contribution >= 4 is 6.09 Å². The normalized spacial score (nSPS) is 11.6. The highest BCUT2D eigenvalue weighted by Crippen LogP contribution is 2.32. The summed E-state index contributed by atoms with van der Waals surface area (Å²) >= 11 is 0. The number of hydrogen-bond donors (Lipinski definition) is 0. The molecule has 0 amide bonds. The van der Waals surface area contributed by atoms with Crippen molar-refractivity contribution in [2.24, 2.45) is 0 Å². The number of furan rings is 1. The number of ether oxygens (including phenoxy) is 1. The summed E-state index contributed by atoms with van der Waals surface area (Å²) in [5.74, 6) is 0. The molecule has 8 heteroatoms. The molecule has 0 saturated carbocycles. The first-order chi connectivity index (χ1) is 9.43. The Hall–Kier alpha value is -2.25. The van der Waals surface area contributed by atoms with E-state index in [2.05, 4.69) is 5.10 Å². The molecule has 0 aliphatic heterocycles. The highest BCUT2D eigenvalue weighted by atomic mass is 19.4. The van der Waals surface area contributed by atoms with Crippen molar-refractivity contribution in [3.05, 3.63) is 30.4 Å². The summed E-state index contributed by atoms with van der Waals surface area (Å²) in [5, 5.41) is 3.27. The van der Waals surface area contributed by atoms with Gasteiger partial charge in [-0.1, -0.05) is 6.92 Å². The standard InChI is InChI=1S/C12H11F3N2O3/c1-2-4-20-11(18)17-9(8-3-5-19-7-8)6-10(16-17)12(13,14)15/h3,5-7H,2,4H2,1H3. The zero-order valence-corrected chi connectivity index (χ0v) is 10.5. The first-order valence-corrected chi connectivity index (χ1v) is 5.80. The van der Waals surface area contributed by atoms with E-state index in [1.54, 1.807) is 6.92 Å². The molecule has 5 nitrogen and oxygen atoms in total. The highest BCUT2D eigenvalue weighted by Gasteiger charge is 2.36. The summed E-state index contributed by atoms with van der Waals surface area (Å²) < 4.78 is 48.3. The van der Waals surface area contributed by atoms with Crippen LogP contribution in [0.25, 0.3) is 11.3 Å². The summed E-state index contributed by atoms with van der Waals surface area (Å²) in [6, 6.07) is 2.21. The molecule has 0 bridgehead atoms. The molecule has 2 aromatic rings. The molecule has 0 saturated heterocycles. The summed E-state index contributed by atoms with van der Waals surface area (Å²) in [6.45, 7) is 1.87. The van der Waals surface area contributed by atoms with Crippen LogP contribution in [-0.2, 0) is 10.9 Å². The van der Waals surface area contributed by atoms with Gasteiger partial charge < -0.3 is 9.15 Å². The Balaban J connectivity index is 2.43. The molecular formula is C12H11F3N2O3. The molecule has 0 unspecified atom stereocenters. The number of carbonyl (C=O) groups excluding carboxylic acids is 1. The maximum atomic E-state index is 12.7. The SMILES string of the molecule is CCCOC(=O)n1nc(C(F)(F)F)cc1-c1ccoc1. The van der Waals surface area contributed by atoms with Crippen LogP contribution in [0.1, 0.15) is 19.0 Å². The summed E-state index contributed by atoms with van der Waals surface area (Å²) in [6.07, 6.45) is -2.54. The Morgan fingerprint density at radius 1 is 1.50 bits per heavy atom. The first-order valence-electron chi connectivity index (χ1n) is 5.80. The molecule has 0 atom stereocenters. The Labute approximate surface area is 111 Å². The fourth-order valence-corrected chi connectivity index (χ4v) is 1.53. The molecule has 0 radical (unpaired) electrons. The van der Waals surface area contributed by atoms with Gasteiger partial charge in [0, 0.05) is 5.56 Å². The molecule has 0 aliphatic rings. The molecule has 0 spiro atoms. The molecule has 0 N–H and O–H groups in total. The monoisotopic (exact) mass is 288 g/mol. The van der Waals surface area contributed by atoms with Crippen LogP contribution in [0.3, 0.4) is 0 Å². The zero-order valence-electron chi connectivity index (χ0n) is 10.5. The van der Waals surface area contributed by atoms with E-state index in [4.69, 9.17) is 9.15 Å². The topological polar surface area (TPSA) is 57.3 Å². The van der Waals surface area contributed by atoms with Gasteiger partial charge in [-0.2, -0.15) is 23.0 Å². The minimum Gasteiger partial charge on any atom is -0.472 e. The van der Waals surface area contributed by atoms with Gasteiger partial charge in [-0.05, 0) is 18.6 Å². The van der Waals surface area contributed by atoms with Crippen molar-refractivity contribution in [2.45, 2.75) is 19.5 Å². The van der Waals surface area contributed by atoms with E-state index in [0.29, 0.717) is 16.7 Å². The van der Waals surface area contributed by atoms with Gasteiger partial charge in [0.2, 0.25) is 0 Å². The quantitative estimate of drug-likeness (QED) is 0.866. The second-order valence-electron chi connectivity index (χ2n) is 3.95. The minimum atomic E-state index is -4.64. The van der Waals surface area contributed by atoms with Crippen molar-refractivity contribution in [3.63, 3.8) is 0 Å². The molecule has 2 rings (SSSR count). The molecular weight excluding hydrogens is 277 g/mol. The average Bonchev–Trinajstić information content (AvgIpc) is 3.02. The van der Waals surface area contributed by atoms with E-state index in [0.717, 1.165) is 6.07 Å². The van der Waals surface area contributed by atoms with E-state index in [1.807, 2.05) is 0 Å². The lowest BCUT2D eigenvalue weighted by molar-refractivity contribution is -0.141.